The maximum Gasteiger partial charge on any atom is 0.317 e. The summed E-state index contributed by atoms with van der Waals surface area (Å²) in [6, 6.07) is 15.4. The van der Waals surface area contributed by atoms with Crippen molar-refractivity contribution in [2.24, 2.45) is 5.16 Å². The van der Waals surface area contributed by atoms with Gasteiger partial charge in [-0.3, -0.25) is 0 Å². The number of urea groups is 1. The van der Waals surface area contributed by atoms with Crippen LogP contribution in [0.25, 0.3) is 0 Å². The first-order chi connectivity index (χ1) is 13.2. The molecule has 0 saturated carbocycles. The van der Waals surface area contributed by atoms with E-state index in [-0.39, 0.29) is 18.9 Å². The fraction of sp³-hybridized carbons (Fsp3) is 0.300. The molecule has 0 radical (unpaired) electrons. The molecule has 2 aliphatic heterocycles. The molecule has 7 nitrogen and oxygen atoms in total. The second kappa shape index (κ2) is 7.57. The van der Waals surface area contributed by atoms with Crippen LogP contribution in [0.15, 0.2) is 53.7 Å². The van der Waals surface area contributed by atoms with Crippen molar-refractivity contribution in [1.82, 2.24) is 10.2 Å². The number of amides is 2. The van der Waals surface area contributed by atoms with Crippen LogP contribution in [-0.4, -0.2) is 43.1 Å². The number of nitrogens with one attached hydrogen (secondary N) is 1. The SMILES string of the molecule is CN(CC1CC(c2ccc3c(c2)OCO3)=NO1)C(=O)NCc1ccccc1. The van der Waals surface area contributed by atoms with Crippen LogP contribution in [0.3, 0.4) is 0 Å². The number of rotatable bonds is 5. The summed E-state index contributed by atoms with van der Waals surface area (Å²) in [6.07, 6.45) is 0.466. The molecule has 0 spiro atoms. The predicted octanol–water partition coefficient (Wildman–Crippen LogP) is 2.75. The lowest BCUT2D eigenvalue weighted by Gasteiger charge is -2.20. The molecule has 2 aromatic rings. The fourth-order valence-electron chi connectivity index (χ4n) is 3.07. The van der Waals surface area contributed by atoms with E-state index in [1.165, 1.54) is 0 Å². The molecule has 7 heteroatoms. The number of benzene rings is 2. The van der Waals surface area contributed by atoms with Gasteiger partial charge in [0.25, 0.3) is 0 Å². The van der Waals surface area contributed by atoms with Gasteiger partial charge in [-0.15, -0.1) is 0 Å². The Kier molecular flexibility index (Phi) is 4.82. The van der Waals surface area contributed by atoms with Crippen molar-refractivity contribution < 1.29 is 19.1 Å². The van der Waals surface area contributed by atoms with Gasteiger partial charge < -0.3 is 24.5 Å². The van der Waals surface area contributed by atoms with Gasteiger partial charge in [0.1, 0.15) is 0 Å². The Hall–Kier alpha value is -3.22. The molecule has 0 aliphatic carbocycles. The number of hydrogen-bond donors (Lipinski definition) is 1. The van der Waals surface area contributed by atoms with Gasteiger partial charge in [0.15, 0.2) is 17.6 Å². The molecule has 1 unspecified atom stereocenters. The average molecular weight is 367 g/mol. The zero-order chi connectivity index (χ0) is 18.6. The van der Waals surface area contributed by atoms with Gasteiger partial charge in [-0.1, -0.05) is 35.5 Å². The summed E-state index contributed by atoms with van der Waals surface area (Å²) >= 11 is 0. The third-order valence-corrected chi connectivity index (χ3v) is 4.55. The quantitative estimate of drug-likeness (QED) is 0.882. The summed E-state index contributed by atoms with van der Waals surface area (Å²) in [4.78, 5) is 19.4. The number of nitrogens with zero attached hydrogens (tertiary/aromatic N) is 2. The first kappa shape index (κ1) is 17.2. The summed E-state index contributed by atoms with van der Waals surface area (Å²) in [7, 11) is 1.75. The van der Waals surface area contributed by atoms with Gasteiger partial charge in [-0.2, -0.15) is 0 Å². The molecular formula is C20H21N3O4. The Bertz CT molecular complexity index is 854. The van der Waals surface area contributed by atoms with Crippen LogP contribution in [0.2, 0.25) is 0 Å². The largest absolute Gasteiger partial charge is 0.454 e. The van der Waals surface area contributed by atoms with Gasteiger partial charge in [-0.25, -0.2) is 4.79 Å². The van der Waals surface area contributed by atoms with E-state index < -0.39 is 0 Å². The molecule has 2 heterocycles. The molecule has 4 rings (SSSR count). The molecule has 0 aromatic heterocycles. The molecule has 2 amide bonds. The number of hydrogen-bond acceptors (Lipinski definition) is 5. The highest BCUT2D eigenvalue weighted by atomic mass is 16.7. The van der Waals surface area contributed by atoms with E-state index in [1.807, 2.05) is 48.5 Å². The van der Waals surface area contributed by atoms with Crippen LogP contribution in [0, 0.1) is 0 Å². The van der Waals surface area contributed by atoms with E-state index in [9.17, 15) is 4.79 Å². The molecule has 1 N–H and O–H groups in total. The standard InChI is InChI=1S/C20H21N3O4/c1-23(20(24)21-11-14-5-3-2-4-6-14)12-16-10-17(22-27-16)15-7-8-18-19(9-15)26-13-25-18/h2-9,16H,10-13H2,1H3,(H,21,24). The Balaban J connectivity index is 1.28. The van der Waals surface area contributed by atoms with Crippen molar-refractivity contribution >= 4 is 11.7 Å². The van der Waals surface area contributed by atoms with Crippen LogP contribution in [0.4, 0.5) is 4.79 Å². The minimum atomic E-state index is -0.169. The fourth-order valence-corrected chi connectivity index (χ4v) is 3.07. The Labute approximate surface area is 157 Å². The van der Waals surface area contributed by atoms with Crippen LogP contribution in [0.1, 0.15) is 17.5 Å². The van der Waals surface area contributed by atoms with E-state index in [1.54, 1.807) is 11.9 Å². The molecular weight excluding hydrogens is 346 g/mol. The van der Waals surface area contributed by atoms with Crippen molar-refractivity contribution in [3.05, 3.63) is 59.7 Å². The second-order valence-corrected chi connectivity index (χ2v) is 6.56. The zero-order valence-corrected chi connectivity index (χ0v) is 15.1. The summed E-state index contributed by atoms with van der Waals surface area (Å²) in [5, 5.41) is 7.09. The van der Waals surface area contributed by atoms with E-state index in [0.29, 0.717) is 19.5 Å². The highest BCUT2D eigenvalue weighted by molar-refractivity contribution is 6.01. The summed E-state index contributed by atoms with van der Waals surface area (Å²) in [5.41, 5.74) is 2.85. The Morgan fingerprint density at radius 2 is 2.00 bits per heavy atom. The Morgan fingerprint density at radius 1 is 1.19 bits per heavy atom. The summed E-state index contributed by atoms with van der Waals surface area (Å²) in [6.45, 7) is 1.19. The van der Waals surface area contributed by atoms with Crippen molar-refractivity contribution in [3.8, 4) is 11.5 Å². The lowest BCUT2D eigenvalue weighted by Crippen LogP contribution is -2.41. The van der Waals surface area contributed by atoms with Crippen molar-refractivity contribution in [1.29, 1.82) is 0 Å². The van der Waals surface area contributed by atoms with Crippen molar-refractivity contribution in [2.45, 2.75) is 19.1 Å². The van der Waals surface area contributed by atoms with Crippen LogP contribution < -0.4 is 14.8 Å². The number of carbonyl (C=O) groups excluding carboxylic acids is 1. The van der Waals surface area contributed by atoms with E-state index in [0.717, 1.165) is 28.3 Å². The molecule has 140 valence electrons. The zero-order valence-electron chi connectivity index (χ0n) is 15.1. The van der Waals surface area contributed by atoms with Gasteiger partial charge in [-0.05, 0) is 23.8 Å². The molecule has 0 saturated heterocycles. The highest BCUT2D eigenvalue weighted by Gasteiger charge is 2.26. The third kappa shape index (κ3) is 3.97. The first-order valence-electron chi connectivity index (χ1n) is 8.84. The maximum atomic E-state index is 12.3. The predicted molar refractivity (Wildman–Crippen MR) is 99.9 cm³/mol. The number of oxime groups is 1. The molecule has 2 aliphatic rings. The topological polar surface area (TPSA) is 72.4 Å². The highest BCUT2D eigenvalue weighted by Crippen LogP contribution is 2.33. The normalized spacial score (nSPS) is 17.2. The number of ether oxygens (including phenoxy) is 2. The number of carbonyl (C=O) groups is 1. The number of likely N-dealkylation sites (N-methyl/N-ethyl adjacent to an activating group) is 1. The second-order valence-electron chi connectivity index (χ2n) is 6.56. The maximum absolute atomic E-state index is 12.3. The Morgan fingerprint density at radius 3 is 2.85 bits per heavy atom. The first-order valence-corrected chi connectivity index (χ1v) is 8.84. The molecule has 27 heavy (non-hydrogen) atoms. The smallest absolute Gasteiger partial charge is 0.317 e. The third-order valence-electron chi connectivity index (χ3n) is 4.55. The van der Waals surface area contributed by atoms with Crippen LogP contribution >= 0.6 is 0 Å². The molecule has 0 fully saturated rings. The van der Waals surface area contributed by atoms with Crippen molar-refractivity contribution in [3.63, 3.8) is 0 Å². The van der Waals surface area contributed by atoms with E-state index >= 15 is 0 Å². The van der Waals surface area contributed by atoms with E-state index in [4.69, 9.17) is 14.3 Å². The van der Waals surface area contributed by atoms with Gasteiger partial charge in [0.05, 0.1) is 12.3 Å². The monoisotopic (exact) mass is 367 g/mol. The van der Waals surface area contributed by atoms with Gasteiger partial charge in [0, 0.05) is 25.6 Å². The van der Waals surface area contributed by atoms with Crippen LogP contribution in [0.5, 0.6) is 11.5 Å². The lowest BCUT2D eigenvalue weighted by molar-refractivity contribution is 0.0656. The lowest BCUT2D eigenvalue weighted by atomic mass is 10.0. The molecule has 0 bridgehead atoms. The molecule has 1 atom stereocenters. The van der Waals surface area contributed by atoms with Crippen LogP contribution in [-0.2, 0) is 11.4 Å². The molecule has 2 aromatic carbocycles. The minimum absolute atomic E-state index is 0.140. The minimum Gasteiger partial charge on any atom is -0.454 e. The summed E-state index contributed by atoms with van der Waals surface area (Å²) in [5.74, 6) is 1.46. The average Bonchev–Trinajstić information content (AvgIpc) is 3.35. The number of fused-ring (bicyclic) bond motifs is 1. The summed E-state index contributed by atoms with van der Waals surface area (Å²) < 4.78 is 10.7. The van der Waals surface area contributed by atoms with Crippen molar-refractivity contribution in [2.75, 3.05) is 20.4 Å². The van der Waals surface area contributed by atoms with E-state index in [2.05, 4.69) is 10.5 Å². The van der Waals surface area contributed by atoms with Gasteiger partial charge in [0.2, 0.25) is 6.79 Å². The van der Waals surface area contributed by atoms with Gasteiger partial charge >= 0.3 is 6.03 Å².